The quantitative estimate of drug-likeness (QED) is 0.839. The summed E-state index contributed by atoms with van der Waals surface area (Å²) in [6.07, 6.45) is -4.85. The zero-order valence-corrected chi connectivity index (χ0v) is 7.54. The van der Waals surface area contributed by atoms with Crippen LogP contribution in [0.4, 0.5) is 13.2 Å². The molecule has 0 aliphatic heterocycles. The molecule has 82 valence electrons. The second-order valence-corrected chi connectivity index (χ2v) is 2.84. The van der Waals surface area contributed by atoms with E-state index in [0.717, 1.165) is 12.1 Å². The number of rotatable bonds is 3. The average molecular weight is 219 g/mol. The summed E-state index contributed by atoms with van der Waals surface area (Å²) in [5.74, 6) is -0.972. The summed E-state index contributed by atoms with van der Waals surface area (Å²) in [5, 5.41) is 0. The number of alkyl halides is 3. The van der Waals surface area contributed by atoms with E-state index in [1.165, 1.54) is 12.1 Å². The second-order valence-electron chi connectivity index (χ2n) is 2.84. The highest BCUT2D eigenvalue weighted by atomic mass is 19.4. The summed E-state index contributed by atoms with van der Waals surface area (Å²) in [7, 11) is 0. The molecule has 0 radical (unpaired) electrons. The molecular formula is C9H8F3NO2. The summed E-state index contributed by atoms with van der Waals surface area (Å²) < 4.78 is 39.1. The highest BCUT2D eigenvalue weighted by molar-refractivity contribution is 5.76. The Bertz CT molecular complexity index is 363. The summed E-state index contributed by atoms with van der Waals surface area (Å²) in [4.78, 5) is 10.5. The van der Waals surface area contributed by atoms with Crippen molar-refractivity contribution in [1.29, 1.82) is 0 Å². The lowest BCUT2D eigenvalue weighted by Gasteiger charge is -2.09. The highest BCUT2D eigenvalue weighted by Gasteiger charge is 2.31. The summed E-state index contributed by atoms with van der Waals surface area (Å²) in [6.45, 7) is 0. The van der Waals surface area contributed by atoms with Gasteiger partial charge in [0.25, 0.3) is 0 Å². The number of hydrogen-bond acceptors (Lipinski definition) is 2. The van der Waals surface area contributed by atoms with E-state index in [4.69, 9.17) is 5.73 Å². The van der Waals surface area contributed by atoms with Gasteiger partial charge in [-0.1, -0.05) is 12.1 Å². The van der Waals surface area contributed by atoms with E-state index in [2.05, 4.69) is 4.74 Å². The standard InChI is InChI=1S/C9H8F3NO2/c10-9(11,12)15-7-3-1-2-6(4-7)5-8(13)14/h1-4H,5H2,(H2,13,14). The van der Waals surface area contributed by atoms with Gasteiger partial charge in [0, 0.05) is 0 Å². The maximum atomic E-state index is 11.8. The number of carbonyl (C=O) groups excluding carboxylic acids is 1. The maximum absolute atomic E-state index is 11.8. The Balaban J connectivity index is 2.79. The predicted molar refractivity (Wildman–Crippen MR) is 46.0 cm³/mol. The molecule has 1 rings (SSSR count). The Labute approximate surface area is 83.6 Å². The lowest BCUT2D eigenvalue weighted by molar-refractivity contribution is -0.274. The number of benzene rings is 1. The van der Waals surface area contributed by atoms with Crippen molar-refractivity contribution >= 4 is 5.91 Å². The molecule has 0 heterocycles. The molecule has 15 heavy (non-hydrogen) atoms. The Hall–Kier alpha value is -1.72. The molecule has 3 nitrogen and oxygen atoms in total. The SMILES string of the molecule is NC(=O)Cc1cccc(OC(F)(F)F)c1. The van der Waals surface area contributed by atoms with E-state index in [1.807, 2.05) is 0 Å². The molecule has 1 aromatic carbocycles. The highest BCUT2D eigenvalue weighted by Crippen LogP contribution is 2.23. The predicted octanol–water partition coefficient (Wildman–Crippen LogP) is 1.61. The fourth-order valence-electron chi connectivity index (χ4n) is 1.05. The molecule has 0 fully saturated rings. The van der Waals surface area contributed by atoms with Crippen molar-refractivity contribution < 1.29 is 22.7 Å². The van der Waals surface area contributed by atoms with Crippen LogP contribution in [0.1, 0.15) is 5.56 Å². The van der Waals surface area contributed by atoms with E-state index < -0.39 is 12.3 Å². The van der Waals surface area contributed by atoms with Crippen molar-refractivity contribution in [3.05, 3.63) is 29.8 Å². The number of carbonyl (C=O) groups is 1. The first-order chi connectivity index (χ1) is 6.87. The summed E-state index contributed by atoms with van der Waals surface area (Å²) in [5.41, 5.74) is 5.28. The maximum Gasteiger partial charge on any atom is 0.573 e. The average Bonchev–Trinajstić information content (AvgIpc) is 1.99. The van der Waals surface area contributed by atoms with E-state index >= 15 is 0 Å². The van der Waals surface area contributed by atoms with Gasteiger partial charge in [-0.15, -0.1) is 13.2 Å². The van der Waals surface area contributed by atoms with Crippen LogP contribution in [0.15, 0.2) is 24.3 Å². The number of ether oxygens (including phenoxy) is 1. The van der Waals surface area contributed by atoms with Gasteiger partial charge in [0.15, 0.2) is 0 Å². The van der Waals surface area contributed by atoms with Crippen LogP contribution in [0.5, 0.6) is 5.75 Å². The number of primary amides is 1. The molecule has 0 spiro atoms. The van der Waals surface area contributed by atoms with Gasteiger partial charge in [-0.2, -0.15) is 0 Å². The first kappa shape index (κ1) is 11.4. The topological polar surface area (TPSA) is 52.3 Å². The van der Waals surface area contributed by atoms with Crippen molar-refractivity contribution in [3.8, 4) is 5.75 Å². The number of nitrogens with two attached hydrogens (primary N) is 1. The third-order valence-corrected chi connectivity index (χ3v) is 1.51. The number of amides is 1. The minimum absolute atomic E-state index is 0.116. The van der Waals surface area contributed by atoms with Crippen LogP contribution in [0.25, 0.3) is 0 Å². The van der Waals surface area contributed by atoms with E-state index in [0.29, 0.717) is 5.56 Å². The lowest BCUT2D eigenvalue weighted by atomic mass is 10.1. The first-order valence-corrected chi connectivity index (χ1v) is 4.00. The van der Waals surface area contributed by atoms with Gasteiger partial charge in [0.2, 0.25) is 5.91 Å². The molecule has 0 atom stereocenters. The molecule has 0 aliphatic rings. The minimum atomic E-state index is -4.73. The van der Waals surface area contributed by atoms with Gasteiger partial charge in [-0.3, -0.25) is 4.79 Å². The summed E-state index contributed by atoms with van der Waals surface area (Å²) >= 11 is 0. The molecule has 0 unspecified atom stereocenters. The van der Waals surface area contributed by atoms with Crippen LogP contribution in [-0.2, 0) is 11.2 Å². The van der Waals surface area contributed by atoms with Crippen molar-refractivity contribution in [2.45, 2.75) is 12.8 Å². The summed E-state index contributed by atoms with van der Waals surface area (Å²) in [6, 6.07) is 5.13. The monoisotopic (exact) mass is 219 g/mol. The Morgan fingerprint density at radius 3 is 2.60 bits per heavy atom. The fraction of sp³-hybridized carbons (Fsp3) is 0.222. The van der Waals surface area contributed by atoms with Crippen molar-refractivity contribution in [1.82, 2.24) is 0 Å². The zero-order chi connectivity index (χ0) is 11.5. The smallest absolute Gasteiger partial charge is 0.406 e. The van der Waals surface area contributed by atoms with E-state index in [1.54, 1.807) is 0 Å². The van der Waals surface area contributed by atoms with Gasteiger partial charge in [0.05, 0.1) is 6.42 Å². The van der Waals surface area contributed by atoms with Gasteiger partial charge in [0.1, 0.15) is 5.75 Å². The van der Waals surface area contributed by atoms with Gasteiger partial charge < -0.3 is 10.5 Å². The Morgan fingerprint density at radius 1 is 1.40 bits per heavy atom. The molecule has 0 aliphatic carbocycles. The first-order valence-electron chi connectivity index (χ1n) is 4.00. The molecule has 6 heteroatoms. The molecule has 1 amide bonds. The largest absolute Gasteiger partial charge is 0.573 e. The number of hydrogen-bond donors (Lipinski definition) is 1. The third-order valence-electron chi connectivity index (χ3n) is 1.51. The van der Waals surface area contributed by atoms with Crippen LogP contribution in [0, 0.1) is 0 Å². The molecule has 0 saturated carbocycles. The van der Waals surface area contributed by atoms with Gasteiger partial charge in [-0.25, -0.2) is 0 Å². The molecule has 1 aromatic rings. The minimum Gasteiger partial charge on any atom is -0.406 e. The normalized spacial score (nSPS) is 11.1. The number of halogens is 3. The molecule has 0 aromatic heterocycles. The van der Waals surface area contributed by atoms with E-state index in [-0.39, 0.29) is 12.2 Å². The second kappa shape index (κ2) is 4.20. The lowest BCUT2D eigenvalue weighted by Crippen LogP contribution is -2.17. The fourth-order valence-corrected chi connectivity index (χ4v) is 1.05. The van der Waals surface area contributed by atoms with Crippen molar-refractivity contribution in [2.24, 2.45) is 5.73 Å². The molecule has 0 bridgehead atoms. The van der Waals surface area contributed by atoms with Crippen molar-refractivity contribution in [2.75, 3.05) is 0 Å². The Kier molecular flexibility index (Phi) is 3.18. The van der Waals surface area contributed by atoms with Crippen LogP contribution in [0.2, 0.25) is 0 Å². The van der Waals surface area contributed by atoms with Gasteiger partial charge in [-0.05, 0) is 17.7 Å². The van der Waals surface area contributed by atoms with Crippen LogP contribution >= 0.6 is 0 Å². The molecular weight excluding hydrogens is 211 g/mol. The molecule has 2 N–H and O–H groups in total. The molecule has 0 saturated heterocycles. The Morgan fingerprint density at radius 2 is 2.07 bits per heavy atom. The van der Waals surface area contributed by atoms with Crippen LogP contribution < -0.4 is 10.5 Å². The van der Waals surface area contributed by atoms with E-state index in [9.17, 15) is 18.0 Å². The zero-order valence-electron chi connectivity index (χ0n) is 7.54. The third kappa shape index (κ3) is 4.35. The van der Waals surface area contributed by atoms with Crippen LogP contribution in [-0.4, -0.2) is 12.3 Å². The van der Waals surface area contributed by atoms with Crippen molar-refractivity contribution in [3.63, 3.8) is 0 Å². The van der Waals surface area contributed by atoms with Gasteiger partial charge >= 0.3 is 6.36 Å². The van der Waals surface area contributed by atoms with Crippen LogP contribution in [0.3, 0.4) is 0 Å².